The fourth-order valence-electron chi connectivity index (χ4n) is 1.44. The van der Waals surface area contributed by atoms with E-state index in [-0.39, 0.29) is 18.2 Å². The molecule has 0 aromatic heterocycles. The van der Waals surface area contributed by atoms with Crippen LogP contribution in [-0.4, -0.2) is 42.8 Å². The van der Waals surface area contributed by atoms with Crippen LogP contribution < -0.4 is 5.32 Å². The van der Waals surface area contributed by atoms with E-state index >= 15 is 0 Å². The first-order valence-electron chi connectivity index (χ1n) is 4.81. The Hall–Kier alpha value is -0.770. The molecule has 0 spiro atoms. The van der Waals surface area contributed by atoms with E-state index in [2.05, 4.69) is 5.32 Å². The maximum absolute atomic E-state index is 11.5. The molecule has 1 fully saturated rings. The topological polar surface area (TPSA) is 41.6 Å². The first-order valence-corrected chi connectivity index (χ1v) is 4.81. The van der Waals surface area contributed by atoms with Crippen LogP contribution in [0.2, 0.25) is 0 Å². The van der Waals surface area contributed by atoms with Gasteiger partial charge in [-0.1, -0.05) is 0 Å². The summed E-state index contributed by atoms with van der Waals surface area (Å²) in [7, 11) is 0. The number of nitrogens with one attached hydrogen (secondary N) is 1. The van der Waals surface area contributed by atoms with E-state index in [4.69, 9.17) is 4.74 Å². The maximum Gasteiger partial charge on any atom is 0.317 e. The molecule has 2 unspecified atom stereocenters. The van der Waals surface area contributed by atoms with Crippen LogP contribution in [0, 0.1) is 0 Å². The molecule has 1 heterocycles. The van der Waals surface area contributed by atoms with Gasteiger partial charge in [0.05, 0.1) is 18.8 Å². The molecular weight excluding hydrogens is 168 g/mol. The molecule has 2 atom stereocenters. The standard InChI is InChI=1S/C9H18N2O2/c1-4-10-9(12)11-5-8(3)13-6-7(11)2/h7-8H,4-6H2,1-3H3,(H,10,12). The SMILES string of the molecule is CCNC(=O)N1CC(C)OCC1C. The second kappa shape index (κ2) is 4.46. The summed E-state index contributed by atoms with van der Waals surface area (Å²) in [4.78, 5) is 13.3. The second-order valence-electron chi connectivity index (χ2n) is 3.48. The van der Waals surface area contributed by atoms with E-state index in [0.717, 1.165) is 0 Å². The molecule has 4 nitrogen and oxygen atoms in total. The minimum Gasteiger partial charge on any atom is -0.375 e. The highest BCUT2D eigenvalue weighted by atomic mass is 16.5. The molecule has 0 bridgehead atoms. The van der Waals surface area contributed by atoms with Crippen LogP contribution in [-0.2, 0) is 4.74 Å². The lowest BCUT2D eigenvalue weighted by molar-refractivity contribution is -0.0316. The van der Waals surface area contributed by atoms with Gasteiger partial charge in [0, 0.05) is 13.1 Å². The zero-order valence-corrected chi connectivity index (χ0v) is 8.54. The van der Waals surface area contributed by atoms with Crippen molar-refractivity contribution in [1.29, 1.82) is 0 Å². The van der Waals surface area contributed by atoms with Crippen LogP contribution in [0.5, 0.6) is 0 Å². The van der Waals surface area contributed by atoms with Gasteiger partial charge in [0.2, 0.25) is 0 Å². The minimum atomic E-state index is 0.0187. The highest BCUT2D eigenvalue weighted by molar-refractivity contribution is 5.74. The summed E-state index contributed by atoms with van der Waals surface area (Å²) in [6.07, 6.45) is 0.152. The monoisotopic (exact) mass is 186 g/mol. The molecule has 0 radical (unpaired) electrons. The number of morpholine rings is 1. The van der Waals surface area contributed by atoms with Gasteiger partial charge in [-0.25, -0.2) is 4.79 Å². The van der Waals surface area contributed by atoms with Crippen LogP contribution in [0.4, 0.5) is 4.79 Å². The molecule has 4 heteroatoms. The predicted molar refractivity (Wildman–Crippen MR) is 50.7 cm³/mol. The van der Waals surface area contributed by atoms with Crippen molar-refractivity contribution in [3.05, 3.63) is 0 Å². The molecule has 0 aromatic rings. The molecule has 76 valence electrons. The molecule has 1 aliphatic rings. The van der Waals surface area contributed by atoms with Gasteiger partial charge < -0.3 is 15.0 Å². The molecule has 13 heavy (non-hydrogen) atoms. The largest absolute Gasteiger partial charge is 0.375 e. The van der Waals surface area contributed by atoms with Gasteiger partial charge in [-0.15, -0.1) is 0 Å². The second-order valence-corrected chi connectivity index (χ2v) is 3.48. The number of hydrogen-bond acceptors (Lipinski definition) is 2. The Morgan fingerprint density at radius 3 is 2.92 bits per heavy atom. The summed E-state index contributed by atoms with van der Waals surface area (Å²) in [5, 5.41) is 2.80. The number of hydrogen-bond donors (Lipinski definition) is 1. The Bertz CT molecular complexity index is 184. The Balaban J connectivity index is 2.50. The number of carbonyl (C=O) groups excluding carboxylic acids is 1. The number of rotatable bonds is 1. The summed E-state index contributed by atoms with van der Waals surface area (Å²) in [6, 6.07) is 0.202. The number of amides is 2. The first kappa shape index (κ1) is 10.3. The first-order chi connectivity index (χ1) is 6.15. The Labute approximate surface area is 79.2 Å². The van der Waals surface area contributed by atoms with Crippen LogP contribution in [0.15, 0.2) is 0 Å². The molecule has 0 aromatic carbocycles. The van der Waals surface area contributed by atoms with Crippen molar-refractivity contribution in [3.63, 3.8) is 0 Å². The van der Waals surface area contributed by atoms with Gasteiger partial charge in [0.15, 0.2) is 0 Å². The summed E-state index contributed by atoms with van der Waals surface area (Å²) < 4.78 is 5.43. The lowest BCUT2D eigenvalue weighted by Gasteiger charge is -2.36. The van der Waals surface area contributed by atoms with Gasteiger partial charge in [-0.2, -0.15) is 0 Å². The van der Waals surface area contributed by atoms with E-state index in [1.54, 1.807) is 0 Å². The third-order valence-electron chi connectivity index (χ3n) is 2.20. The molecular formula is C9H18N2O2. The van der Waals surface area contributed by atoms with Gasteiger partial charge in [0.1, 0.15) is 0 Å². The molecule has 1 N–H and O–H groups in total. The number of carbonyl (C=O) groups is 1. The van der Waals surface area contributed by atoms with E-state index in [0.29, 0.717) is 19.7 Å². The maximum atomic E-state index is 11.5. The quantitative estimate of drug-likeness (QED) is 0.659. The molecule has 0 aliphatic carbocycles. The van der Waals surface area contributed by atoms with Crippen LogP contribution in [0.1, 0.15) is 20.8 Å². The molecule has 1 rings (SSSR count). The zero-order valence-electron chi connectivity index (χ0n) is 8.54. The smallest absolute Gasteiger partial charge is 0.317 e. The van der Waals surface area contributed by atoms with E-state index in [9.17, 15) is 4.79 Å². The van der Waals surface area contributed by atoms with Crippen LogP contribution in [0.25, 0.3) is 0 Å². The Morgan fingerprint density at radius 1 is 1.62 bits per heavy atom. The lowest BCUT2D eigenvalue weighted by Crippen LogP contribution is -2.53. The fraction of sp³-hybridized carbons (Fsp3) is 0.889. The zero-order chi connectivity index (χ0) is 9.84. The van der Waals surface area contributed by atoms with Crippen molar-refractivity contribution in [3.8, 4) is 0 Å². The summed E-state index contributed by atoms with van der Waals surface area (Å²) in [5.41, 5.74) is 0. The minimum absolute atomic E-state index is 0.0187. The average Bonchev–Trinajstić information content (AvgIpc) is 2.09. The lowest BCUT2D eigenvalue weighted by atomic mass is 10.2. The average molecular weight is 186 g/mol. The predicted octanol–water partition coefficient (Wildman–Crippen LogP) is 0.825. The molecule has 1 saturated heterocycles. The molecule has 2 amide bonds. The third-order valence-corrected chi connectivity index (χ3v) is 2.20. The Morgan fingerprint density at radius 2 is 2.31 bits per heavy atom. The van der Waals surface area contributed by atoms with Gasteiger partial charge in [0.25, 0.3) is 0 Å². The third kappa shape index (κ3) is 2.59. The summed E-state index contributed by atoms with van der Waals surface area (Å²) in [6.45, 7) is 7.91. The van der Waals surface area contributed by atoms with Crippen molar-refractivity contribution in [2.75, 3.05) is 19.7 Å². The van der Waals surface area contributed by atoms with E-state index < -0.39 is 0 Å². The highest BCUT2D eigenvalue weighted by Crippen LogP contribution is 2.10. The van der Waals surface area contributed by atoms with Gasteiger partial charge in [-0.3, -0.25) is 0 Å². The van der Waals surface area contributed by atoms with Crippen LogP contribution >= 0.6 is 0 Å². The van der Waals surface area contributed by atoms with E-state index in [1.165, 1.54) is 0 Å². The fourth-order valence-corrected chi connectivity index (χ4v) is 1.44. The van der Waals surface area contributed by atoms with E-state index in [1.807, 2.05) is 25.7 Å². The summed E-state index contributed by atoms with van der Waals surface area (Å²) in [5.74, 6) is 0. The molecule has 0 saturated carbocycles. The number of urea groups is 1. The van der Waals surface area contributed by atoms with Crippen molar-refractivity contribution in [2.24, 2.45) is 0 Å². The van der Waals surface area contributed by atoms with Gasteiger partial charge in [-0.05, 0) is 20.8 Å². The van der Waals surface area contributed by atoms with Crippen molar-refractivity contribution in [2.45, 2.75) is 32.9 Å². The normalized spacial score (nSPS) is 28.7. The van der Waals surface area contributed by atoms with Crippen LogP contribution in [0.3, 0.4) is 0 Å². The van der Waals surface area contributed by atoms with Crippen molar-refractivity contribution < 1.29 is 9.53 Å². The van der Waals surface area contributed by atoms with Crippen molar-refractivity contribution in [1.82, 2.24) is 10.2 Å². The molecule has 1 aliphatic heterocycles. The highest BCUT2D eigenvalue weighted by Gasteiger charge is 2.26. The summed E-state index contributed by atoms with van der Waals surface area (Å²) >= 11 is 0. The Kier molecular flexibility index (Phi) is 3.54. The van der Waals surface area contributed by atoms with Gasteiger partial charge >= 0.3 is 6.03 Å². The number of nitrogens with zero attached hydrogens (tertiary/aromatic N) is 1. The number of ether oxygens (including phenoxy) is 1. The van der Waals surface area contributed by atoms with Crippen molar-refractivity contribution >= 4 is 6.03 Å².